The summed E-state index contributed by atoms with van der Waals surface area (Å²) < 4.78 is 6.16. The number of fused-ring (bicyclic) bond motifs is 1. The van der Waals surface area contributed by atoms with Gasteiger partial charge in [0.1, 0.15) is 23.2 Å². The van der Waals surface area contributed by atoms with Gasteiger partial charge in [0.25, 0.3) is 0 Å². The van der Waals surface area contributed by atoms with Crippen LogP contribution in [0.2, 0.25) is 10.0 Å². The van der Waals surface area contributed by atoms with Crippen LogP contribution in [0.5, 0.6) is 5.75 Å². The summed E-state index contributed by atoms with van der Waals surface area (Å²) in [6.07, 6.45) is 5.21. The molecule has 4 aromatic rings. The average Bonchev–Trinajstić information content (AvgIpc) is 3.58. The number of anilines is 1. The number of carbonyl (C=O) groups is 1. The summed E-state index contributed by atoms with van der Waals surface area (Å²) >= 11 is 12.6. The van der Waals surface area contributed by atoms with Gasteiger partial charge in [0.15, 0.2) is 5.82 Å². The highest BCUT2D eigenvalue weighted by Gasteiger charge is 2.43. The Morgan fingerprint density at radius 3 is 2.56 bits per heavy atom. The molecular weight excluding hydrogens is 539 g/mol. The van der Waals surface area contributed by atoms with Gasteiger partial charge in [-0.1, -0.05) is 23.2 Å². The number of halogens is 2. The Balaban J connectivity index is 1.15. The predicted octanol–water partition coefficient (Wildman–Crippen LogP) is 4.39. The van der Waals surface area contributed by atoms with Crippen LogP contribution in [0, 0.1) is 0 Å². The van der Waals surface area contributed by atoms with E-state index in [1.165, 1.54) is 0 Å². The molecule has 39 heavy (non-hydrogen) atoms. The molecule has 0 spiro atoms. The predicted molar refractivity (Wildman–Crippen MR) is 150 cm³/mol. The number of aromatic amines is 1. The van der Waals surface area contributed by atoms with Crippen molar-refractivity contribution in [2.45, 2.75) is 37.8 Å². The lowest BCUT2D eigenvalue weighted by Crippen LogP contribution is -2.69. The maximum Gasteiger partial charge on any atom is 0.224 e. The van der Waals surface area contributed by atoms with Gasteiger partial charge < -0.3 is 20.3 Å². The Morgan fingerprint density at radius 1 is 1.13 bits per heavy atom. The Hall–Kier alpha value is -3.47. The Bertz CT molecular complexity index is 1490. The highest BCUT2D eigenvalue weighted by molar-refractivity contribution is 6.35. The normalized spacial score (nSPS) is 17.3. The van der Waals surface area contributed by atoms with E-state index < -0.39 is 11.6 Å². The van der Waals surface area contributed by atoms with Gasteiger partial charge in [0.05, 0.1) is 21.1 Å². The number of hydrogen-bond donors (Lipinski definition) is 2. The van der Waals surface area contributed by atoms with E-state index in [0.717, 1.165) is 42.7 Å². The van der Waals surface area contributed by atoms with Crippen molar-refractivity contribution in [3.05, 3.63) is 58.3 Å². The standard InChI is InChI=1S/C27H28Cl2N8O2/c1-16(25-19(28)12-31-13-20(25)29)39-17-4-5-21-18(10-17)26(35-32-21)22-6-7-23(34-33-22)37-14-27(30,15-37)11-24(38)36-8-2-3-9-36/h4-7,10,12-13,16H,2-3,8-9,11,14-15,30H2,1H3,(H,32,35)/t16-/m1/s1. The largest absolute Gasteiger partial charge is 0.486 e. The first kappa shape index (κ1) is 25.8. The Morgan fingerprint density at radius 2 is 1.87 bits per heavy atom. The SMILES string of the molecule is C[C@@H](Oc1ccc2[nH]nc(-c3ccc(N4CC(N)(CC(=O)N5CCCC5)C4)nn3)c2c1)c1c(Cl)cncc1Cl. The van der Waals surface area contributed by atoms with Crippen molar-refractivity contribution in [1.29, 1.82) is 0 Å². The highest BCUT2D eigenvalue weighted by Crippen LogP contribution is 2.35. The summed E-state index contributed by atoms with van der Waals surface area (Å²) in [4.78, 5) is 20.5. The lowest BCUT2D eigenvalue weighted by atomic mass is 9.87. The Labute approximate surface area is 235 Å². The maximum absolute atomic E-state index is 12.5. The van der Waals surface area contributed by atoms with Crippen LogP contribution in [0.15, 0.2) is 42.7 Å². The zero-order valence-electron chi connectivity index (χ0n) is 21.4. The number of pyridine rings is 1. The van der Waals surface area contributed by atoms with E-state index in [2.05, 4.69) is 25.4 Å². The minimum absolute atomic E-state index is 0.145. The first-order valence-corrected chi connectivity index (χ1v) is 13.6. The molecule has 1 aromatic carbocycles. The van der Waals surface area contributed by atoms with Crippen LogP contribution in [0.1, 0.15) is 37.9 Å². The van der Waals surface area contributed by atoms with Crippen LogP contribution in [-0.2, 0) is 4.79 Å². The molecule has 1 atom stereocenters. The summed E-state index contributed by atoms with van der Waals surface area (Å²) in [6.45, 7) is 4.69. The van der Waals surface area contributed by atoms with Crippen LogP contribution < -0.4 is 15.4 Å². The van der Waals surface area contributed by atoms with Gasteiger partial charge in [-0.05, 0) is 50.1 Å². The van der Waals surface area contributed by atoms with E-state index in [1.54, 1.807) is 12.4 Å². The fraction of sp³-hybridized carbons (Fsp3) is 0.370. The van der Waals surface area contributed by atoms with Crippen molar-refractivity contribution in [2.75, 3.05) is 31.1 Å². The number of rotatable bonds is 7. The molecule has 1 amide bonds. The van der Waals surface area contributed by atoms with Crippen LogP contribution in [0.25, 0.3) is 22.3 Å². The van der Waals surface area contributed by atoms with Gasteiger partial charge in [0.2, 0.25) is 5.91 Å². The first-order valence-electron chi connectivity index (χ1n) is 12.9. The quantitative estimate of drug-likeness (QED) is 0.337. The third kappa shape index (κ3) is 5.11. The molecule has 2 fully saturated rings. The van der Waals surface area contributed by atoms with Crippen LogP contribution in [-0.4, -0.2) is 67.9 Å². The van der Waals surface area contributed by atoms with Crippen molar-refractivity contribution >= 4 is 45.8 Å². The van der Waals surface area contributed by atoms with Crippen molar-refractivity contribution in [2.24, 2.45) is 5.73 Å². The molecule has 3 aromatic heterocycles. The van der Waals surface area contributed by atoms with Crippen molar-refractivity contribution in [3.8, 4) is 17.1 Å². The summed E-state index contributed by atoms with van der Waals surface area (Å²) in [5.41, 5.74) is 8.76. The molecule has 0 radical (unpaired) electrons. The van der Waals surface area contributed by atoms with E-state index >= 15 is 0 Å². The lowest BCUT2D eigenvalue weighted by molar-refractivity contribution is -0.131. The number of amides is 1. The minimum Gasteiger partial charge on any atom is -0.486 e. The molecule has 2 aliphatic heterocycles. The maximum atomic E-state index is 12.5. The van der Waals surface area contributed by atoms with Gasteiger partial charge in [0, 0.05) is 55.9 Å². The fourth-order valence-electron chi connectivity index (χ4n) is 5.32. The van der Waals surface area contributed by atoms with Gasteiger partial charge in [-0.3, -0.25) is 14.9 Å². The third-order valence-electron chi connectivity index (χ3n) is 7.33. The molecular formula is C27H28Cl2N8O2. The van der Waals surface area contributed by atoms with Crippen LogP contribution in [0.4, 0.5) is 5.82 Å². The minimum atomic E-state index is -0.531. The molecule has 0 aliphatic carbocycles. The van der Waals surface area contributed by atoms with Crippen molar-refractivity contribution < 1.29 is 9.53 Å². The zero-order valence-corrected chi connectivity index (χ0v) is 22.9. The number of likely N-dealkylation sites (tertiary alicyclic amines) is 1. The van der Waals surface area contributed by atoms with Gasteiger partial charge in [-0.15, -0.1) is 10.2 Å². The highest BCUT2D eigenvalue weighted by atomic mass is 35.5. The number of hydrogen-bond acceptors (Lipinski definition) is 8. The van der Waals surface area contributed by atoms with E-state index in [1.807, 2.05) is 47.1 Å². The second-order valence-corrected chi connectivity index (χ2v) is 11.1. The van der Waals surface area contributed by atoms with Crippen LogP contribution >= 0.6 is 23.2 Å². The fourth-order valence-corrected chi connectivity index (χ4v) is 5.99. The number of nitrogens with zero attached hydrogens (tertiary/aromatic N) is 6. The molecule has 2 saturated heterocycles. The average molecular weight is 567 g/mol. The topological polar surface area (TPSA) is 126 Å². The summed E-state index contributed by atoms with van der Waals surface area (Å²) in [5, 5.41) is 18.1. The molecule has 10 nitrogen and oxygen atoms in total. The van der Waals surface area contributed by atoms with Crippen LogP contribution in [0.3, 0.4) is 0 Å². The molecule has 6 rings (SSSR count). The molecule has 202 valence electrons. The smallest absolute Gasteiger partial charge is 0.224 e. The van der Waals surface area contributed by atoms with Crippen molar-refractivity contribution in [1.82, 2.24) is 30.3 Å². The number of H-pyrrole nitrogens is 1. The third-order valence-corrected chi connectivity index (χ3v) is 7.94. The Kier molecular flexibility index (Phi) is 6.78. The van der Waals surface area contributed by atoms with Gasteiger partial charge in [-0.2, -0.15) is 5.10 Å². The number of carbonyl (C=O) groups excluding carboxylic acids is 1. The van der Waals surface area contributed by atoms with E-state index in [-0.39, 0.29) is 5.91 Å². The van der Waals surface area contributed by atoms with E-state index in [4.69, 9.17) is 33.7 Å². The van der Waals surface area contributed by atoms with Crippen molar-refractivity contribution in [3.63, 3.8) is 0 Å². The summed E-state index contributed by atoms with van der Waals surface area (Å²) in [7, 11) is 0. The number of benzene rings is 1. The second-order valence-electron chi connectivity index (χ2n) is 10.3. The molecule has 3 N–H and O–H groups in total. The van der Waals surface area contributed by atoms with Gasteiger partial charge in [-0.25, -0.2) is 0 Å². The molecule has 2 aliphatic rings. The van der Waals surface area contributed by atoms with E-state index in [9.17, 15) is 4.79 Å². The number of ether oxygens (including phenoxy) is 1. The lowest BCUT2D eigenvalue weighted by Gasteiger charge is -2.48. The zero-order chi connectivity index (χ0) is 27.1. The molecule has 5 heterocycles. The first-order chi connectivity index (χ1) is 18.8. The number of nitrogens with one attached hydrogen (secondary N) is 1. The van der Waals surface area contributed by atoms with E-state index in [0.29, 0.717) is 52.3 Å². The second kappa shape index (κ2) is 10.3. The monoisotopic (exact) mass is 566 g/mol. The number of nitrogens with two attached hydrogens (primary N) is 1. The summed E-state index contributed by atoms with van der Waals surface area (Å²) in [6, 6.07) is 9.45. The summed E-state index contributed by atoms with van der Waals surface area (Å²) in [5.74, 6) is 1.50. The molecule has 0 bridgehead atoms. The molecule has 0 saturated carbocycles. The molecule has 12 heteroatoms. The van der Waals surface area contributed by atoms with Gasteiger partial charge >= 0.3 is 0 Å². The number of aromatic nitrogens is 5. The molecule has 0 unspecified atom stereocenters.